The van der Waals surface area contributed by atoms with E-state index >= 15 is 0 Å². The molecule has 6 N–H and O–H groups in total. The highest BCUT2D eigenvalue weighted by atomic mass is 16.5. The molecule has 4 amide bonds. The monoisotopic (exact) mass is 456 g/mol. The third-order valence-corrected chi connectivity index (χ3v) is 5.36. The van der Waals surface area contributed by atoms with Crippen LogP contribution in [-0.4, -0.2) is 40.9 Å². The van der Waals surface area contributed by atoms with Crippen LogP contribution in [0, 0.1) is 11.8 Å². The van der Waals surface area contributed by atoms with Gasteiger partial charge in [-0.2, -0.15) is 0 Å². The summed E-state index contributed by atoms with van der Waals surface area (Å²) in [7, 11) is 0. The first-order valence-electron chi connectivity index (χ1n) is 10.9. The van der Waals surface area contributed by atoms with Gasteiger partial charge in [0.25, 0.3) is 0 Å². The standard InChI is InChI=1S/C24H32N4O5/c1-14(2)10-19(13-21(29)28-33)23(31)27-20(24(32)26-15(3)22(25)30)12-16-8-9-17-6-4-5-7-18(17)11-16/h4-9,11,14-15,19-20,33H,10,12-13H2,1-3H3,(H2,25,30)(H,26,32)(H,27,31)(H,28,29)/t15-,19?,20-/m0/s1. The van der Waals surface area contributed by atoms with Gasteiger partial charge in [0.1, 0.15) is 12.1 Å². The van der Waals surface area contributed by atoms with E-state index in [1.165, 1.54) is 6.92 Å². The summed E-state index contributed by atoms with van der Waals surface area (Å²) in [5.41, 5.74) is 7.62. The van der Waals surface area contributed by atoms with E-state index in [4.69, 9.17) is 10.9 Å². The Labute approximate surface area is 193 Å². The van der Waals surface area contributed by atoms with Crippen molar-refractivity contribution < 1.29 is 24.4 Å². The number of fused-ring (bicyclic) bond motifs is 1. The summed E-state index contributed by atoms with van der Waals surface area (Å²) >= 11 is 0. The molecule has 0 aliphatic rings. The summed E-state index contributed by atoms with van der Waals surface area (Å²) < 4.78 is 0. The second-order valence-corrected chi connectivity index (χ2v) is 8.65. The first-order valence-corrected chi connectivity index (χ1v) is 10.9. The molecule has 2 rings (SSSR count). The van der Waals surface area contributed by atoms with Crippen molar-refractivity contribution >= 4 is 34.4 Å². The van der Waals surface area contributed by atoms with Gasteiger partial charge in [0.15, 0.2) is 0 Å². The molecule has 3 atom stereocenters. The van der Waals surface area contributed by atoms with Gasteiger partial charge in [-0.05, 0) is 35.6 Å². The second-order valence-electron chi connectivity index (χ2n) is 8.65. The highest BCUT2D eigenvalue weighted by molar-refractivity contribution is 5.93. The van der Waals surface area contributed by atoms with E-state index in [2.05, 4.69) is 10.6 Å². The molecule has 0 saturated heterocycles. The molecule has 0 spiro atoms. The summed E-state index contributed by atoms with van der Waals surface area (Å²) in [6, 6.07) is 11.6. The van der Waals surface area contributed by atoms with Crippen LogP contribution in [0.5, 0.6) is 0 Å². The minimum Gasteiger partial charge on any atom is -0.368 e. The smallest absolute Gasteiger partial charge is 0.244 e. The molecule has 2 aromatic carbocycles. The zero-order valence-electron chi connectivity index (χ0n) is 19.1. The average Bonchev–Trinajstić information content (AvgIpc) is 2.77. The van der Waals surface area contributed by atoms with E-state index in [0.29, 0.717) is 6.42 Å². The van der Waals surface area contributed by atoms with E-state index in [-0.39, 0.29) is 18.8 Å². The Balaban J connectivity index is 2.27. The molecular formula is C24H32N4O5. The number of carbonyl (C=O) groups is 4. The van der Waals surface area contributed by atoms with Crippen LogP contribution >= 0.6 is 0 Å². The Morgan fingerprint density at radius 1 is 0.939 bits per heavy atom. The molecule has 9 heteroatoms. The summed E-state index contributed by atoms with van der Waals surface area (Å²) in [5, 5.41) is 16.1. The maximum Gasteiger partial charge on any atom is 0.244 e. The summed E-state index contributed by atoms with van der Waals surface area (Å²) in [4.78, 5) is 49.1. The number of amides is 4. The van der Waals surface area contributed by atoms with E-state index in [1.807, 2.05) is 56.3 Å². The van der Waals surface area contributed by atoms with Gasteiger partial charge in [-0.1, -0.05) is 56.3 Å². The van der Waals surface area contributed by atoms with Gasteiger partial charge >= 0.3 is 0 Å². The SMILES string of the molecule is CC(C)CC(CC(=O)NO)C(=O)N[C@@H](Cc1ccc2ccccc2c1)C(=O)N[C@@H](C)C(N)=O. The lowest BCUT2D eigenvalue weighted by molar-refractivity contribution is -0.136. The number of hydroxylamine groups is 1. The van der Waals surface area contributed by atoms with Crippen molar-refractivity contribution in [3.8, 4) is 0 Å². The van der Waals surface area contributed by atoms with Crippen molar-refractivity contribution in [1.82, 2.24) is 16.1 Å². The van der Waals surface area contributed by atoms with Gasteiger partial charge in [-0.25, -0.2) is 5.48 Å². The minimum atomic E-state index is -0.993. The van der Waals surface area contributed by atoms with Crippen molar-refractivity contribution in [3.05, 3.63) is 48.0 Å². The number of carbonyl (C=O) groups excluding carboxylic acids is 4. The van der Waals surface area contributed by atoms with Crippen LogP contribution in [-0.2, 0) is 25.6 Å². The zero-order valence-corrected chi connectivity index (χ0v) is 19.1. The molecular weight excluding hydrogens is 424 g/mol. The predicted octanol–water partition coefficient (Wildman–Crippen LogP) is 1.41. The molecule has 0 saturated carbocycles. The molecule has 0 aliphatic carbocycles. The van der Waals surface area contributed by atoms with E-state index in [9.17, 15) is 19.2 Å². The maximum absolute atomic E-state index is 13.0. The largest absolute Gasteiger partial charge is 0.368 e. The summed E-state index contributed by atoms with van der Waals surface area (Å²) in [5.74, 6) is -3.06. The maximum atomic E-state index is 13.0. The van der Waals surface area contributed by atoms with Crippen LogP contribution < -0.4 is 21.8 Å². The number of rotatable bonds is 11. The molecule has 9 nitrogen and oxygen atoms in total. The van der Waals surface area contributed by atoms with Crippen LogP contribution in [0.3, 0.4) is 0 Å². The fraction of sp³-hybridized carbons (Fsp3) is 0.417. The van der Waals surface area contributed by atoms with Crippen molar-refractivity contribution in [2.75, 3.05) is 0 Å². The van der Waals surface area contributed by atoms with E-state index < -0.39 is 41.6 Å². The van der Waals surface area contributed by atoms with Gasteiger partial charge in [0, 0.05) is 18.8 Å². The quantitative estimate of drug-likeness (QED) is 0.256. The van der Waals surface area contributed by atoms with Crippen LogP contribution in [0.25, 0.3) is 10.8 Å². The fourth-order valence-electron chi connectivity index (χ4n) is 3.61. The average molecular weight is 457 g/mol. The highest BCUT2D eigenvalue weighted by Crippen LogP contribution is 2.19. The Morgan fingerprint density at radius 2 is 1.61 bits per heavy atom. The number of benzene rings is 2. The summed E-state index contributed by atoms with van der Waals surface area (Å²) in [6.07, 6.45) is 0.345. The molecule has 178 valence electrons. The van der Waals surface area contributed by atoms with Crippen molar-refractivity contribution in [2.24, 2.45) is 17.6 Å². The van der Waals surface area contributed by atoms with E-state index in [0.717, 1.165) is 16.3 Å². The third-order valence-electron chi connectivity index (χ3n) is 5.36. The molecule has 0 bridgehead atoms. The molecule has 0 aromatic heterocycles. The van der Waals surface area contributed by atoms with Gasteiger partial charge in [0.2, 0.25) is 23.6 Å². The Morgan fingerprint density at radius 3 is 2.21 bits per heavy atom. The fourth-order valence-corrected chi connectivity index (χ4v) is 3.61. The lowest BCUT2D eigenvalue weighted by atomic mass is 9.92. The minimum absolute atomic E-state index is 0.106. The molecule has 0 radical (unpaired) electrons. The number of hydrogen-bond donors (Lipinski definition) is 5. The topological polar surface area (TPSA) is 151 Å². The van der Waals surface area contributed by atoms with Gasteiger partial charge in [0.05, 0.1) is 0 Å². The molecule has 2 aromatic rings. The Kier molecular flexibility index (Phi) is 9.35. The first-order chi connectivity index (χ1) is 15.6. The zero-order chi connectivity index (χ0) is 24.5. The number of nitrogens with two attached hydrogens (primary N) is 1. The number of nitrogens with one attached hydrogen (secondary N) is 3. The summed E-state index contributed by atoms with van der Waals surface area (Å²) in [6.45, 7) is 5.28. The number of primary amides is 1. The van der Waals surface area contributed by atoms with Crippen LogP contribution in [0.1, 0.15) is 39.2 Å². The van der Waals surface area contributed by atoms with Crippen molar-refractivity contribution in [3.63, 3.8) is 0 Å². The lowest BCUT2D eigenvalue weighted by Crippen LogP contribution is -2.54. The van der Waals surface area contributed by atoms with E-state index in [1.54, 1.807) is 5.48 Å². The van der Waals surface area contributed by atoms with Gasteiger partial charge in [-0.3, -0.25) is 24.4 Å². The van der Waals surface area contributed by atoms with Crippen LogP contribution in [0.4, 0.5) is 0 Å². The van der Waals surface area contributed by atoms with Crippen LogP contribution in [0.15, 0.2) is 42.5 Å². The van der Waals surface area contributed by atoms with Crippen molar-refractivity contribution in [2.45, 2.75) is 52.1 Å². The molecule has 0 heterocycles. The van der Waals surface area contributed by atoms with Gasteiger partial charge in [-0.15, -0.1) is 0 Å². The first kappa shape index (κ1) is 25.8. The molecule has 33 heavy (non-hydrogen) atoms. The van der Waals surface area contributed by atoms with Gasteiger partial charge < -0.3 is 16.4 Å². The Hall–Kier alpha value is -3.46. The molecule has 1 unspecified atom stereocenters. The second kappa shape index (κ2) is 12.0. The third kappa shape index (κ3) is 7.87. The highest BCUT2D eigenvalue weighted by Gasteiger charge is 2.29. The molecule has 0 aliphatic heterocycles. The van der Waals surface area contributed by atoms with Crippen molar-refractivity contribution in [1.29, 1.82) is 0 Å². The number of hydrogen-bond acceptors (Lipinski definition) is 5. The molecule has 0 fully saturated rings. The normalized spacial score (nSPS) is 13.7. The lowest BCUT2D eigenvalue weighted by Gasteiger charge is -2.24. The predicted molar refractivity (Wildman–Crippen MR) is 124 cm³/mol. The Bertz CT molecular complexity index is 1010. The van der Waals surface area contributed by atoms with Crippen LogP contribution in [0.2, 0.25) is 0 Å².